The van der Waals surface area contributed by atoms with Gasteiger partial charge in [0.1, 0.15) is 0 Å². The average molecular weight is 261 g/mol. The van der Waals surface area contributed by atoms with Gasteiger partial charge in [0, 0.05) is 12.5 Å². The molecule has 0 aliphatic carbocycles. The average Bonchev–Trinajstić information content (AvgIpc) is 1.98. The van der Waals surface area contributed by atoms with E-state index in [1.165, 1.54) is 0 Å². The lowest BCUT2D eigenvalue weighted by molar-refractivity contribution is -0.137. The SMILES string of the molecule is CC(C(=O)NCCC(F)(F)F)C1CNC1.Cl. The molecule has 0 aromatic rings. The Hall–Kier alpha value is -0.490. The lowest BCUT2D eigenvalue weighted by Crippen LogP contribution is -2.49. The maximum atomic E-state index is 11.8. The van der Waals surface area contributed by atoms with Crippen LogP contribution in [0.1, 0.15) is 13.3 Å². The molecule has 1 heterocycles. The molecule has 1 rings (SSSR count). The Kier molecular flexibility index (Phi) is 6.10. The molecule has 2 N–H and O–H groups in total. The summed E-state index contributed by atoms with van der Waals surface area (Å²) in [6, 6.07) is 0. The number of hydrogen-bond donors (Lipinski definition) is 2. The van der Waals surface area contributed by atoms with E-state index in [4.69, 9.17) is 0 Å². The highest BCUT2D eigenvalue weighted by Gasteiger charge is 2.30. The fourth-order valence-corrected chi connectivity index (χ4v) is 1.37. The molecule has 1 fully saturated rings. The summed E-state index contributed by atoms with van der Waals surface area (Å²) in [4.78, 5) is 11.4. The van der Waals surface area contributed by atoms with Gasteiger partial charge in [-0.05, 0) is 19.0 Å². The predicted molar refractivity (Wildman–Crippen MR) is 56.5 cm³/mol. The molecule has 1 atom stereocenters. The lowest BCUT2D eigenvalue weighted by atomic mass is 9.88. The number of nitrogens with one attached hydrogen (secondary N) is 2. The van der Waals surface area contributed by atoms with Gasteiger partial charge in [-0.1, -0.05) is 6.92 Å². The topological polar surface area (TPSA) is 41.1 Å². The van der Waals surface area contributed by atoms with Gasteiger partial charge >= 0.3 is 6.18 Å². The van der Waals surface area contributed by atoms with Crippen molar-refractivity contribution in [1.82, 2.24) is 10.6 Å². The summed E-state index contributed by atoms with van der Waals surface area (Å²) < 4.78 is 35.3. The van der Waals surface area contributed by atoms with Crippen molar-refractivity contribution in [2.75, 3.05) is 19.6 Å². The van der Waals surface area contributed by atoms with Gasteiger partial charge in [-0.3, -0.25) is 4.79 Å². The molecule has 16 heavy (non-hydrogen) atoms. The van der Waals surface area contributed by atoms with Crippen LogP contribution in [-0.2, 0) is 4.79 Å². The number of halogens is 4. The number of carbonyl (C=O) groups excluding carboxylic acids is 1. The molecule has 1 unspecified atom stereocenters. The second kappa shape index (κ2) is 6.30. The summed E-state index contributed by atoms with van der Waals surface area (Å²) in [6.07, 6.45) is -5.16. The fraction of sp³-hybridized carbons (Fsp3) is 0.889. The second-order valence-electron chi connectivity index (χ2n) is 3.86. The molecule has 0 bridgehead atoms. The Morgan fingerprint density at radius 3 is 2.44 bits per heavy atom. The van der Waals surface area contributed by atoms with E-state index < -0.39 is 12.6 Å². The highest BCUT2D eigenvalue weighted by molar-refractivity contribution is 5.85. The molecule has 3 nitrogen and oxygen atoms in total. The van der Waals surface area contributed by atoms with Gasteiger partial charge in [0.25, 0.3) is 0 Å². The van der Waals surface area contributed by atoms with Crippen LogP contribution in [0.25, 0.3) is 0 Å². The number of hydrogen-bond acceptors (Lipinski definition) is 2. The predicted octanol–water partition coefficient (Wildman–Crippen LogP) is 1.33. The van der Waals surface area contributed by atoms with Crippen LogP contribution >= 0.6 is 12.4 Å². The van der Waals surface area contributed by atoms with Gasteiger partial charge in [0.15, 0.2) is 0 Å². The molecular formula is C9H16ClF3N2O. The zero-order chi connectivity index (χ0) is 11.5. The quantitative estimate of drug-likeness (QED) is 0.801. The molecule has 96 valence electrons. The van der Waals surface area contributed by atoms with Crippen LogP contribution in [0.4, 0.5) is 13.2 Å². The normalized spacial score (nSPS) is 18.2. The minimum absolute atomic E-state index is 0. The van der Waals surface area contributed by atoms with Crippen molar-refractivity contribution < 1.29 is 18.0 Å². The molecule has 0 saturated carbocycles. The standard InChI is InChI=1S/C9H15F3N2O.ClH/c1-6(7-4-13-5-7)8(15)14-3-2-9(10,11)12;/h6-7,13H,2-5H2,1H3,(H,14,15);1H. The van der Waals surface area contributed by atoms with Gasteiger partial charge < -0.3 is 10.6 Å². The zero-order valence-corrected chi connectivity index (χ0v) is 9.75. The summed E-state index contributed by atoms with van der Waals surface area (Å²) in [7, 11) is 0. The van der Waals surface area contributed by atoms with E-state index in [0.29, 0.717) is 0 Å². The Morgan fingerprint density at radius 1 is 1.50 bits per heavy atom. The first-order chi connectivity index (χ1) is 6.90. The van der Waals surface area contributed by atoms with Crippen molar-refractivity contribution in [3.63, 3.8) is 0 Å². The van der Waals surface area contributed by atoms with Gasteiger partial charge in [-0.25, -0.2) is 0 Å². The minimum Gasteiger partial charge on any atom is -0.356 e. The summed E-state index contributed by atoms with van der Waals surface area (Å²) in [5.74, 6) is -0.235. The first-order valence-electron chi connectivity index (χ1n) is 4.95. The highest BCUT2D eigenvalue weighted by Crippen LogP contribution is 2.19. The number of alkyl halides is 3. The van der Waals surface area contributed by atoms with E-state index in [0.717, 1.165) is 13.1 Å². The Bertz CT molecular complexity index is 231. The van der Waals surface area contributed by atoms with E-state index in [-0.39, 0.29) is 36.7 Å². The van der Waals surface area contributed by atoms with Crippen LogP contribution in [0.15, 0.2) is 0 Å². The summed E-state index contributed by atoms with van der Waals surface area (Å²) in [5, 5.41) is 5.32. The van der Waals surface area contributed by atoms with Crippen molar-refractivity contribution in [2.45, 2.75) is 19.5 Å². The number of amides is 1. The van der Waals surface area contributed by atoms with E-state index in [9.17, 15) is 18.0 Å². The van der Waals surface area contributed by atoms with Crippen molar-refractivity contribution in [2.24, 2.45) is 11.8 Å². The Morgan fingerprint density at radius 2 is 2.06 bits per heavy atom. The van der Waals surface area contributed by atoms with Crippen molar-refractivity contribution in [1.29, 1.82) is 0 Å². The molecule has 1 amide bonds. The van der Waals surface area contributed by atoms with Crippen LogP contribution in [0.3, 0.4) is 0 Å². The number of carbonyl (C=O) groups is 1. The van der Waals surface area contributed by atoms with Crippen LogP contribution in [0, 0.1) is 11.8 Å². The minimum atomic E-state index is -4.20. The molecule has 1 saturated heterocycles. The van der Waals surface area contributed by atoms with Gasteiger partial charge in [0.05, 0.1) is 6.42 Å². The molecule has 0 radical (unpaired) electrons. The first-order valence-corrected chi connectivity index (χ1v) is 4.95. The van der Waals surface area contributed by atoms with Crippen LogP contribution in [-0.4, -0.2) is 31.7 Å². The molecule has 0 aromatic carbocycles. The van der Waals surface area contributed by atoms with Gasteiger partial charge in [-0.2, -0.15) is 13.2 Å². The third-order valence-corrected chi connectivity index (χ3v) is 2.64. The van der Waals surface area contributed by atoms with Gasteiger partial charge in [0.2, 0.25) is 5.91 Å². The molecule has 1 aliphatic heterocycles. The fourth-order valence-electron chi connectivity index (χ4n) is 1.37. The molecular weight excluding hydrogens is 245 g/mol. The smallest absolute Gasteiger partial charge is 0.356 e. The van der Waals surface area contributed by atoms with Crippen molar-refractivity contribution in [3.05, 3.63) is 0 Å². The van der Waals surface area contributed by atoms with Crippen molar-refractivity contribution in [3.8, 4) is 0 Å². The lowest BCUT2D eigenvalue weighted by Gasteiger charge is -2.31. The van der Waals surface area contributed by atoms with E-state index in [1.807, 2.05) is 0 Å². The van der Waals surface area contributed by atoms with E-state index in [2.05, 4.69) is 10.6 Å². The molecule has 0 spiro atoms. The molecule has 0 aromatic heterocycles. The summed E-state index contributed by atoms with van der Waals surface area (Å²) in [6.45, 7) is 2.96. The Balaban J connectivity index is 0.00000225. The van der Waals surface area contributed by atoms with Crippen LogP contribution in [0.2, 0.25) is 0 Å². The van der Waals surface area contributed by atoms with Crippen molar-refractivity contribution >= 4 is 18.3 Å². The third kappa shape index (κ3) is 5.03. The monoisotopic (exact) mass is 260 g/mol. The van der Waals surface area contributed by atoms with Crippen LogP contribution < -0.4 is 10.6 Å². The zero-order valence-electron chi connectivity index (χ0n) is 8.93. The van der Waals surface area contributed by atoms with E-state index >= 15 is 0 Å². The maximum Gasteiger partial charge on any atom is 0.390 e. The largest absolute Gasteiger partial charge is 0.390 e. The Labute approximate surface area is 98.6 Å². The number of rotatable bonds is 4. The van der Waals surface area contributed by atoms with E-state index in [1.54, 1.807) is 6.92 Å². The molecule has 1 aliphatic rings. The first kappa shape index (κ1) is 15.5. The summed E-state index contributed by atoms with van der Waals surface area (Å²) >= 11 is 0. The summed E-state index contributed by atoms with van der Waals surface area (Å²) in [5.41, 5.74) is 0. The maximum absolute atomic E-state index is 11.8. The highest BCUT2D eigenvalue weighted by atomic mass is 35.5. The molecule has 7 heteroatoms. The van der Waals surface area contributed by atoms with Crippen LogP contribution in [0.5, 0.6) is 0 Å². The van der Waals surface area contributed by atoms with Gasteiger partial charge in [-0.15, -0.1) is 12.4 Å². The second-order valence-corrected chi connectivity index (χ2v) is 3.86. The third-order valence-electron chi connectivity index (χ3n) is 2.64.